The maximum absolute atomic E-state index is 9.34. The molecule has 18 heavy (non-hydrogen) atoms. The molecule has 0 saturated heterocycles. The van der Waals surface area contributed by atoms with Crippen LogP contribution < -0.4 is 5.32 Å². The summed E-state index contributed by atoms with van der Waals surface area (Å²) >= 11 is 0. The lowest BCUT2D eigenvalue weighted by atomic mass is 9.79. The fraction of sp³-hybridized carbons (Fsp3) is 1.00. The molecule has 3 heteroatoms. The van der Waals surface area contributed by atoms with E-state index in [1.165, 1.54) is 19.4 Å². The van der Waals surface area contributed by atoms with E-state index < -0.39 is 0 Å². The number of nitrogens with one attached hydrogen (secondary N) is 1. The van der Waals surface area contributed by atoms with Crippen molar-refractivity contribution in [3.63, 3.8) is 0 Å². The van der Waals surface area contributed by atoms with Crippen molar-refractivity contribution in [2.24, 2.45) is 11.3 Å². The van der Waals surface area contributed by atoms with Crippen LogP contribution in [0.15, 0.2) is 0 Å². The fourth-order valence-corrected chi connectivity index (χ4v) is 3.10. The normalized spacial score (nSPS) is 24.3. The summed E-state index contributed by atoms with van der Waals surface area (Å²) < 4.78 is 0. The molecule has 0 aliphatic heterocycles. The second kappa shape index (κ2) is 7.46. The molecule has 1 rings (SSSR count). The smallest absolute Gasteiger partial charge is 0.0546 e. The van der Waals surface area contributed by atoms with Crippen molar-refractivity contribution >= 4 is 0 Å². The Morgan fingerprint density at radius 3 is 2.28 bits per heavy atom. The van der Waals surface area contributed by atoms with Gasteiger partial charge in [0, 0.05) is 19.6 Å². The first-order valence-corrected chi connectivity index (χ1v) is 7.62. The quantitative estimate of drug-likeness (QED) is 0.663. The third-order valence-electron chi connectivity index (χ3n) is 4.64. The summed E-state index contributed by atoms with van der Waals surface area (Å²) in [5, 5.41) is 12.9. The van der Waals surface area contributed by atoms with Gasteiger partial charge in [-0.15, -0.1) is 0 Å². The minimum Gasteiger partial charge on any atom is -0.393 e. The Labute approximate surface area is 113 Å². The minimum atomic E-state index is -0.0211. The van der Waals surface area contributed by atoms with Gasteiger partial charge in [-0.05, 0) is 50.6 Å². The minimum absolute atomic E-state index is 0.0211. The van der Waals surface area contributed by atoms with Gasteiger partial charge in [0.1, 0.15) is 0 Å². The first-order chi connectivity index (χ1) is 8.55. The summed E-state index contributed by atoms with van der Waals surface area (Å²) in [4.78, 5) is 2.47. The predicted molar refractivity (Wildman–Crippen MR) is 77.8 cm³/mol. The zero-order valence-electron chi connectivity index (χ0n) is 12.7. The van der Waals surface area contributed by atoms with Crippen LogP contribution in [-0.2, 0) is 0 Å². The van der Waals surface area contributed by atoms with Crippen molar-refractivity contribution in [3.8, 4) is 0 Å². The third kappa shape index (κ3) is 4.52. The monoisotopic (exact) mass is 256 g/mol. The lowest BCUT2D eigenvalue weighted by Gasteiger charge is -2.40. The lowest BCUT2D eigenvalue weighted by Crippen LogP contribution is -2.45. The summed E-state index contributed by atoms with van der Waals surface area (Å²) in [7, 11) is 2.23. The number of hydrogen-bond acceptors (Lipinski definition) is 3. The molecular weight excluding hydrogens is 224 g/mol. The van der Waals surface area contributed by atoms with Gasteiger partial charge in [-0.1, -0.05) is 20.8 Å². The van der Waals surface area contributed by atoms with Gasteiger partial charge in [0.2, 0.25) is 0 Å². The van der Waals surface area contributed by atoms with Crippen LogP contribution >= 0.6 is 0 Å². The molecule has 0 aromatic carbocycles. The number of nitrogens with zero attached hydrogens (tertiary/aromatic N) is 1. The van der Waals surface area contributed by atoms with Crippen molar-refractivity contribution in [3.05, 3.63) is 0 Å². The Bertz CT molecular complexity index is 223. The van der Waals surface area contributed by atoms with Gasteiger partial charge in [0.15, 0.2) is 0 Å². The van der Waals surface area contributed by atoms with Gasteiger partial charge in [-0.2, -0.15) is 0 Å². The van der Waals surface area contributed by atoms with Crippen molar-refractivity contribution < 1.29 is 5.11 Å². The highest BCUT2D eigenvalue weighted by Gasteiger charge is 2.31. The number of hydrogen-bond donors (Lipinski definition) is 2. The van der Waals surface area contributed by atoms with Gasteiger partial charge in [0.05, 0.1) is 6.10 Å². The molecule has 0 aromatic rings. The molecule has 0 radical (unpaired) electrons. The molecule has 0 aromatic heterocycles. The van der Waals surface area contributed by atoms with Crippen LogP contribution in [0.3, 0.4) is 0 Å². The molecule has 2 N–H and O–H groups in total. The Morgan fingerprint density at radius 2 is 1.83 bits per heavy atom. The van der Waals surface area contributed by atoms with Crippen LogP contribution in [-0.4, -0.2) is 49.3 Å². The van der Waals surface area contributed by atoms with E-state index in [1.807, 2.05) is 0 Å². The van der Waals surface area contributed by atoms with E-state index in [0.29, 0.717) is 5.41 Å². The van der Waals surface area contributed by atoms with Crippen LogP contribution in [0, 0.1) is 11.3 Å². The number of aliphatic hydroxyl groups excluding tert-OH is 1. The van der Waals surface area contributed by atoms with Gasteiger partial charge in [-0.3, -0.25) is 0 Å². The molecule has 0 atom stereocenters. The summed E-state index contributed by atoms with van der Waals surface area (Å²) in [6.07, 6.45) is 4.45. The summed E-state index contributed by atoms with van der Waals surface area (Å²) in [5.74, 6) is 0.718. The second-order valence-electron chi connectivity index (χ2n) is 6.18. The molecule has 108 valence electrons. The van der Waals surface area contributed by atoms with E-state index in [0.717, 1.165) is 38.4 Å². The molecule has 3 nitrogen and oxygen atoms in total. The number of rotatable bonds is 9. The summed E-state index contributed by atoms with van der Waals surface area (Å²) in [5.41, 5.74) is 0.410. The standard InChI is InChI=1S/C15H32N2O/c1-5-15(6-2,11-16-7-3)12-17(4)10-13-8-14(18)9-13/h13-14,16,18H,5-12H2,1-4H3. The Hall–Kier alpha value is -0.120. The summed E-state index contributed by atoms with van der Waals surface area (Å²) in [6.45, 7) is 11.3. The van der Waals surface area contributed by atoms with E-state index in [-0.39, 0.29) is 6.10 Å². The van der Waals surface area contributed by atoms with Crippen LogP contribution in [0.1, 0.15) is 46.5 Å². The topological polar surface area (TPSA) is 35.5 Å². The second-order valence-corrected chi connectivity index (χ2v) is 6.18. The zero-order valence-corrected chi connectivity index (χ0v) is 12.7. The zero-order chi connectivity index (χ0) is 13.6. The highest BCUT2D eigenvalue weighted by Crippen LogP contribution is 2.30. The molecule has 0 unspecified atom stereocenters. The van der Waals surface area contributed by atoms with Gasteiger partial charge >= 0.3 is 0 Å². The van der Waals surface area contributed by atoms with Crippen molar-refractivity contribution in [2.45, 2.75) is 52.6 Å². The van der Waals surface area contributed by atoms with Crippen LogP contribution in [0.4, 0.5) is 0 Å². The molecule has 1 aliphatic carbocycles. The van der Waals surface area contributed by atoms with E-state index >= 15 is 0 Å². The molecule has 0 amide bonds. The number of aliphatic hydroxyl groups is 1. The maximum Gasteiger partial charge on any atom is 0.0546 e. The molecule has 0 spiro atoms. The van der Waals surface area contributed by atoms with Crippen molar-refractivity contribution in [1.29, 1.82) is 0 Å². The SMILES string of the molecule is CCNCC(CC)(CC)CN(C)CC1CC(O)C1. The average Bonchev–Trinajstić information content (AvgIpc) is 2.32. The van der Waals surface area contributed by atoms with Crippen molar-refractivity contribution in [2.75, 3.05) is 33.2 Å². The first-order valence-electron chi connectivity index (χ1n) is 7.62. The Kier molecular flexibility index (Phi) is 6.61. The largest absolute Gasteiger partial charge is 0.393 e. The average molecular weight is 256 g/mol. The van der Waals surface area contributed by atoms with Crippen LogP contribution in [0.5, 0.6) is 0 Å². The molecule has 1 saturated carbocycles. The third-order valence-corrected chi connectivity index (χ3v) is 4.64. The van der Waals surface area contributed by atoms with Gasteiger partial charge < -0.3 is 15.3 Å². The van der Waals surface area contributed by atoms with Crippen LogP contribution in [0.2, 0.25) is 0 Å². The van der Waals surface area contributed by atoms with E-state index in [2.05, 4.69) is 38.0 Å². The molecule has 0 bridgehead atoms. The van der Waals surface area contributed by atoms with Crippen LogP contribution in [0.25, 0.3) is 0 Å². The Morgan fingerprint density at radius 1 is 1.22 bits per heavy atom. The first kappa shape index (κ1) is 15.9. The maximum atomic E-state index is 9.34. The molecular formula is C15H32N2O. The molecule has 1 aliphatic rings. The molecule has 1 fully saturated rings. The summed E-state index contributed by atoms with van der Waals surface area (Å²) in [6, 6.07) is 0. The highest BCUT2D eigenvalue weighted by molar-refractivity contribution is 4.85. The van der Waals surface area contributed by atoms with E-state index in [1.54, 1.807) is 0 Å². The van der Waals surface area contributed by atoms with Gasteiger partial charge in [-0.25, -0.2) is 0 Å². The lowest BCUT2D eigenvalue weighted by molar-refractivity contribution is 0.0208. The van der Waals surface area contributed by atoms with E-state index in [9.17, 15) is 5.11 Å². The Balaban J connectivity index is 2.38. The van der Waals surface area contributed by atoms with Crippen molar-refractivity contribution in [1.82, 2.24) is 10.2 Å². The van der Waals surface area contributed by atoms with Gasteiger partial charge in [0.25, 0.3) is 0 Å². The highest BCUT2D eigenvalue weighted by atomic mass is 16.3. The fourth-order valence-electron chi connectivity index (χ4n) is 3.10. The van der Waals surface area contributed by atoms with E-state index in [4.69, 9.17) is 0 Å². The predicted octanol–water partition coefficient (Wildman–Crippen LogP) is 2.10. The molecule has 0 heterocycles.